The summed E-state index contributed by atoms with van der Waals surface area (Å²) in [6.45, 7) is 3.69. The average molecular weight is 241 g/mol. The maximum Gasteiger partial charge on any atom is 0.0405 e. The van der Waals surface area contributed by atoms with Crippen molar-refractivity contribution in [1.29, 1.82) is 0 Å². The van der Waals surface area contributed by atoms with Crippen LogP contribution < -0.4 is 5.73 Å². The maximum atomic E-state index is 5.92. The first-order valence-electron chi connectivity index (χ1n) is 6.49. The van der Waals surface area contributed by atoms with Crippen molar-refractivity contribution in [3.63, 3.8) is 0 Å². The quantitative estimate of drug-likeness (QED) is 0.889. The molecule has 0 bridgehead atoms. The van der Waals surface area contributed by atoms with E-state index in [2.05, 4.69) is 58.1 Å². The lowest BCUT2D eigenvalue weighted by Gasteiger charge is -2.36. The number of hydrogen-bond acceptors (Lipinski definition) is 2. The molecule has 0 amide bonds. The van der Waals surface area contributed by atoms with Gasteiger partial charge in [-0.15, -0.1) is 0 Å². The fourth-order valence-electron chi connectivity index (χ4n) is 2.68. The largest absolute Gasteiger partial charge is 0.349 e. The molecule has 2 aromatic rings. The molecule has 2 N–H and O–H groups in total. The first-order chi connectivity index (χ1) is 8.86. The highest BCUT2D eigenvalue weighted by Gasteiger charge is 2.24. The second-order valence-corrected chi connectivity index (χ2v) is 4.93. The Labute approximate surface area is 108 Å². The van der Waals surface area contributed by atoms with Crippen molar-refractivity contribution >= 4 is 0 Å². The van der Waals surface area contributed by atoms with E-state index < -0.39 is 0 Å². The molecule has 0 fully saturated rings. The van der Waals surface area contributed by atoms with E-state index in [0.717, 1.165) is 19.6 Å². The number of nitrogens with zero attached hydrogens (tertiary/aromatic N) is 2. The molecular weight excluding hydrogens is 222 g/mol. The molecule has 1 atom stereocenters. The predicted octanol–water partition coefficient (Wildman–Crippen LogP) is 1.83. The Bertz CT molecular complexity index is 503. The van der Waals surface area contributed by atoms with Crippen LogP contribution in [0.3, 0.4) is 0 Å². The maximum absolute atomic E-state index is 5.92. The van der Waals surface area contributed by atoms with Gasteiger partial charge in [-0.3, -0.25) is 4.90 Å². The third-order valence-electron chi connectivity index (χ3n) is 3.71. The molecule has 2 heterocycles. The number of hydrogen-bond donors (Lipinski definition) is 1. The van der Waals surface area contributed by atoms with Gasteiger partial charge in [0, 0.05) is 44.1 Å². The first-order valence-corrected chi connectivity index (χ1v) is 6.49. The van der Waals surface area contributed by atoms with Crippen LogP contribution >= 0.6 is 0 Å². The normalized spacial score (nSPS) is 19.7. The van der Waals surface area contributed by atoms with E-state index in [1.54, 1.807) is 0 Å². The summed E-state index contributed by atoms with van der Waals surface area (Å²) in [5, 5.41) is 0. The zero-order valence-electron chi connectivity index (χ0n) is 10.5. The van der Waals surface area contributed by atoms with Crippen LogP contribution in [-0.4, -0.2) is 22.1 Å². The Balaban J connectivity index is 1.79. The molecule has 1 aliphatic rings. The van der Waals surface area contributed by atoms with E-state index in [-0.39, 0.29) is 0 Å². The molecular formula is C15H19N3. The lowest BCUT2D eigenvalue weighted by molar-refractivity contribution is 0.136. The minimum Gasteiger partial charge on any atom is -0.349 e. The summed E-state index contributed by atoms with van der Waals surface area (Å²) in [6.07, 6.45) is 2.15. The van der Waals surface area contributed by atoms with Gasteiger partial charge in [-0.1, -0.05) is 30.3 Å². The van der Waals surface area contributed by atoms with Gasteiger partial charge in [-0.25, -0.2) is 0 Å². The van der Waals surface area contributed by atoms with Gasteiger partial charge < -0.3 is 10.3 Å². The predicted molar refractivity (Wildman–Crippen MR) is 73.0 cm³/mol. The van der Waals surface area contributed by atoms with Crippen LogP contribution in [0, 0.1) is 0 Å². The Hall–Kier alpha value is -1.58. The van der Waals surface area contributed by atoms with Gasteiger partial charge in [-0.2, -0.15) is 0 Å². The summed E-state index contributed by atoms with van der Waals surface area (Å²) in [4.78, 5) is 2.48. The van der Waals surface area contributed by atoms with Crippen LogP contribution in [0.25, 0.3) is 0 Å². The first kappa shape index (κ1) is 11.5. The van der Waals surface area contributed by atoms with E-state index in [9.17, 15) is 0 Å². The van der Waals surface area contributed by atoms with Gasteiger partial charge in [0.15, 0.2) is 0 Å². The Morgan fingerprint density at radius 1 is 1.11 bits per heavy atom. The van der Waals surface area contributed by atoms with Crippen LogP contribution in [-0.2, 0) is 19.6 Å². The summed E-state index contributed by atoms with van der Waals surface area (Å²) in [6, 6.07) is 15.4. The number of rotatable bonds is 3. The molecule has 18 heavy (non-hydrogen) atoms. The third-order valence-corrected chi connectivity index (χ3v) is 3.71. The van der Waals surface area contributed by atoms with E-state index in [4.69, 9.17) is 5.73 Å². The van der Waals surface area contributed by atoms with Crippen molar-refractivity contribution in [3.8, 4) is 0 Å². The molecule has 3 rings (SSSR count). The monoisotopic (exact) mass is 241 g/mol. The summed E-state index contributed by atoms with van der Waals surface area (Å²) in [5.41, 5.74) is 8.66. The van der Waals surface area contributed by atoms with Gasteiger partial charge in [0.05, 0.1) is 0 Å². The third kappa shape index (κ3) is 2.19. The van der Waals surface area contributed by atoms with Crippen LogP contribution in [0.5, 0.6) is 0 Å². The van der Waals surface area contributed by atoms with E-state index in [1.165, 1.54) is 11.3 Å². The Morgan fingerprint density at radius 2 is 1.94 bits per heavy atom. The average Bonchev–Trinajstić information content (AvgIpc) is 2.86. The van der Waals surface area contributed by atoms with Crippen molar-refractivity contribution in [3.05, 3.63) is 59.9 Å². The van der Waals surface area contributed by atoms with Crippen LogP contribution in [0.4, 0.5) is 0 Å². The smallest absolute Gasteiger partial charge is 0.0405 e. The standard InChI is InChI=1S/C15H19N3/c16-9-15-12-17-8-4-7-14(17)11-18(15)10-13-5-2-1-3-6-13/h1-8,15H,9-12,16H2. The molecule has 1 aromatic heterocycles. The molecule has 3 nitrogen and oxygen atoms in total. The van der Waals surface area contributed by atoms with E-state index in [0.29, 0.717) is 12.6 Å². The van der Waals surface area contributed by atoms with Crippen LogP contribution in [0.1, 0.15) is 11.3 Å². The number of aromatic nitrogens is 1. The lowest BCUT2D eigenvalue weighted by Crippen LogP contribution is -2.46. The SMILES string of the molecule is NCC1Cn2cccc2CN1Cc1ccccc1. The molecule has 1 aromatic carbocycles. The van der Waals surface area contributed by atoms with Gasteiger partial charge in [0.1, 0.15) is 0 Å². The molecule has 0 saturated heterocycles. The fourth-order valence-corrected chi connectivity index (χ4v) is 2.68. The van der Waals surface area contributed by atoms with Crippen molar-refractivity contribution in [2.45, 2.75) is 25.7 Å². The highest BCUT2D eigenvalue weighted by atomic mass is 15.2. The summed E-state index contributed by atoms with van der Waals surface area (Å²) < 4.78 is 2.32. The van der Waals surface area contributed by atoms with Crippen molar-refractivity contribution in [2.24, 2.45) is 5.73 Å². The topological polar surface area (TPSA) is 34.2 Å². The van der Waals surface area contributed by atoms with Gasteiger partial charge >= 0.3 is 0 Å². The molecule has 94 valence electrons. The Morgan fingerprint density at radius 3 is 2.72 bits per heavy atom. The molecule has 0 saturated carbocycles. The fraction of sp³-hybridized carbons (Fsp3) is 0.333. The Kier molecular flexibility index (Phi) is 3.17. The minimum atomic E-state index is 0.435. The van der Waals surface area contributed by atoms with E-state index >= 15 is 0 Å². The molecule has 0 aliphatic carbocycles. The zero-order chi connectivity index (χ0) is 12.4. The second-order valence-electron chi connectivity index (χ2n) is 4.93. The summed E-state index contributed by atoms with van der Waals surface area (Å²) >= 11 is 0. The minimum absolute atomic E-state index is 0.435. The lowest BCUT2D eigenvalue weighted by atomic mass is 10.1. The van der Waals surface area contributed by atoms with Crippen molar-refractivity contribution < 1.29 is 0 Å². The van der Waals surface area contributed by atoms with Crippen molar-refractivity contribution in [1.82, 2.24) is 9.47 Å². The molecule has 0 radical (unpaired) electrons. The second kappa shape index (κ2) is 4.96. The van der Waals surface area contributed by atoms with Crippen LogP contribution in [0.2, 0.25) is 0 Å². The number of fused-ring (bicyclic) bond motifs is 1. The number of nitrogens with two attached hydrogens (primary N) is 1. The molecule has 1 unspecified atom stereocenters. The number of benzene rings is 1. The van der Waals surface area contributed by atoms with Crippen LogP contribution in [0.15, 0.2) is 48.7 Å². The highest BCUT2D eigenvalue weighted by Crippen LogP contribution is 2.20. The molecule has 0 spiro atoms. The molecule has 1 aliphatic heterocycles. The van der Waals surface area contributed by atoms with Gasteiger partial charge in [-0.05, 0) is 17.7 Å². The van der Waals surface area contributed by atoms with Gasteiger partial charge in [0.2, 0.25) is 0 Å². The van der Waals surface area contributed by atoms with Crippen molar-refractivity contribution in [2.75, 3.05) is 6.54 Å². The van der Waals surface area contributed by atoms with Gasteiger partial charge in [0.25, 0.3) is 0 Å². The van der Waals surface area contributed by atoms with E-state index in [1.807, 2.05) is 0 Å². The summed E-state index contributed by atoms with van der Waals surface area (Å²) in [5.74, 6) is 0. The summed E-state index contributed by atoms with van der Waals surface area (Å²) in [7, 11) is 0. The highest BCUT2D eigenvalue weighted by molar-refractivity contribution is 5.16. The molecule has 3 heteroatoms. The zero-order valence-corrected chi connectivity index (χ0v) is 10.5.